The van der Waals surface area contributed by atoms with Crippen LogP contribution in [0.25, 0.3) is 0 Å². The van der Waals surface area contributed by atoms with Gasteiger partial charge in [0.1, 0.15) is 5.78 Å². The molecule has 0 radical (unpaired) electrons. The number of hydrogen-bond acceptors (Lipinski definition) is 3. The Labute approximate surface area is 211 Å². The predicted molar refractivity (Wildman–Crippen MR) is 143 cm³/mol. The Morgan fingerprint density at radius 1 is 0.882 bits per heavy atom. The molecule has 0 aromatic heterocycles. The normalized spacial score (nSPS) is 24.3. The Morgan fingerprint density at radius 3 is 1.88 bits per heavy atom. The highest BCUT2D eigenvalue weighted by Crippen LogP contribution is 2.64. The summed E-state index contributed by atoms with van der Waals surface area (Å²) in [7, 11) is 0.919. The molecular weight excluding hydrogens is 444 g/mol. The zero-order valence-corrected chi connectivity index (χ0v) is 23.9. The summed E-state index contributed by atoms with van der Waals surface area (Å²) in [6.45, 7) is 8.77. The molecule has 5 nitrogen and oxygen atoms in total. The van der Waals surface area contributed by atoms with Crippen LogP contribution in [0.15, 0.2) is 0 Å². The van der Waals surface area contributed by atoms with Gasteiger partial charge in [0.05, 0.1) is 39.5 Å². The molecule has 0 heterocycles. The summed E-state index contributed by atoms with van der Waals surface area (Å²) >= 11 is 0. The van der Waals surface area contributed by atoms with Crippen molar-refractivity contribution < 1.29 is 17.7 Å². The Hall–Kier alpha value is -0.460. The molecule has 0 aromatic rings. The number of rotatable bonds is 19. The summed E-state index contributed by atoms with van der Waals surface area (Å²) in [5.41, 5.74) is -0.883. The smallest absolute Gasteiger partial charge is 0.212 e. The highest BCUT2D eigenvalue weighted by molar-refractivity contribution is 7.89. The lowest BCUT2D eigenvalue weighted by Gasteiger charge is -2.36. The van der Waals surface area contributed by atoms with Crippen molar-refractivity contribution in [1.29, 1.82) is 0 Å². The van der Waals surface area contributed by atoms with Gasteiger partial charge in [-0.3, -0.25) is 4.79 Å². The van der Waals surface area contributed by atoms with Crippen LogP contribution in [-0.4, -0.2) is 58.2 Å². The number of likely N-dealkylation sites (N-methyl/N-ethyl adjacent to an activating group) is 1. The average molecular weight is 500 g/mol. The summed E-state index contributed by atoms with van der Waals surface area (Å²) < 4.78 is 29.4. The Morgan fingerprint density at radius 2 is 1.41 bits per heavy atom. The van der Waals surface area contributed by atoms with Crippen LogP contribution >= 0.6 is 0 Å². The van der Waals surface area contributed by atoms with E-state index in [0.717, 1.165) is 30.4 Å². The quantitative estimate of drug-likeness (QED) is 0.173. The number of hydrogen-bond donors (Lipinski definition) is 1. The first kappa shape index (κ1) is 29.8. The molecule has 0 spiro atoms. The summed E-state index contributed by atoms with van der Waals surface area (Å²) in [6, 6.07) is 0. The minimum absolute atomic E-state index is 0.0332. The monoisotopic (exact) mass is 499 g/mol. The number of sulfonamides is 1. The SMILES string of the molecule is CCCCCCCCCCCCCC[N+](C)(C)CCNS(=O)(=O)C[C@]12CC[C@H](CC1=O)C2(C)C. The second kappa shape index (κ2) is 13.2. The lowest BCUT2D eigenvalue weighted by Crippen LogP contribution is -2.49. The molecule has 1 N–H and O–H groups in total. The topological polar surface area (TPSA) is 63.2 Å². The molecule has 0 aliphatic heterocycles. The number of fused-ring (bicyclic) bond motifs is 2. The van der Waals surface area contributed by atoms with Crippen molar-refractivity contribution in [2.24, 2.45) is 16.7 Å². The summed E-state index contributed by atoms with van der Waals surface area (Å²) in [6.07, 6.45) is 18.5. The number of ketones is 1. The van der Waals surface area contributed by atoms with E-state index in [2.05, 4.69) is 39.6 Å². The summed E-state index contributed by atoms with van der Waals surface area (Å²) in [5.74, 6) is 0.484. The van der Waals surface area contributed by atoms with Crippen molar-refractivity contribution in [3.63, 3.8) is 0 Å². The molecular formula is C28H55N2O3S+. The van der Waals surface area contributed by atoms with Crippen LogP contribution in [0.5, 0.6) is 0 Å². The Bertz CT molecular complexity index is 732. The fraction of sp³-hybridized carbons (Fsp3) is 0.964. The van der Waals surface area contributed by atoms with E-state index in [9.17, 15) is 13.2 Å². The predicted octanol–water partition coefficient (Wildman–Crippen LogP) is 6.08. The highest BCUT2D eigenvalue weighted by Gasteiger charge is 2.65. The largest absolute Gasteiger partial charge is 0.327 e. The molecule has 2 aliphatic carbocycles. The molecule has 2 saturated carbocycles. The maximum Gasteiger partial charge on any atom is 0.212 e. The maximum absolute atomic E-state index is 12.9. The van der Waals surface area contributed by atoms with Gasteiger partial charge in [-0.25, -0.2) is 13.1 Å². The number of Topliss-reactive ketones (excluding diaryl/α,β-unsaturated/α-hetero) is 1. The van der Waals surface area contributed by atoms with Gasteiger partial charge in [-0.1, -0.05) is 85.0 Å². The molecule has 34 heavy (non-hydrogen) atoms. The van der Waals surface area contributed by atoms with Crippen molar-refractivity contribution in [1.82, 2.24) is 4.72 Å². The highest BCUT2D eigenvalue weighted by atomic mass is 32.2. The minimum Gasteiger partial charge on any atom is -0.327 e. The number of unbranched alkanes of at least 4 members (excludes halogenated alkanes) is 11. The Balaban J connectivity index is 1.57. The number of nitrogens with zero attached hydrogens (tertiary/aromatic N) is 1. The van der Waals surface area contributed by atoms with Crippen molar-refractivity contribution in [3.8, 4) is 0 Å². The number of carbonyl (C=O) groups is 1. The summed E-state index contributed by atoms with van der Waals surface area (Å²) in [4.78, 5) is 12.7. The van der Waals surface area contributed by atoms with Crippen LogP contribution < -0.4 is 4.72 Å². The first-order valence-electron chi connectivity index (χ1n) is 14.3. The fourth-order valence-electron chi connectivity index (χ4n) is 6.48. The molecule has 2 atom stereocenters. The molecule has 2 rings (SSSR count). The standard InChI is InChI=1S/C28H55N2O3S/c1-6-7-8-9-10-11-12-13-14-15-16-17-21-30(4,5)22-20-29-34(32,33)24-28-19-18-25(23-26(28)31)27(28,2)3/h25,29H,6-24H2,1-5H3/q+1/t25-,28-/m1/s1. The van der Waals surface area contributed by atoms with Gasteiger partial charge in [-0.15, -0.1) is 0 Å². The fourth-order valence-corrected chi connectivity index (χ4v) is 8.31. The molecule has 0 amide bonds. The number of nitrogens with one attached hydrogen (secondary N) is 1. The third kappa shape index (κ3) is 8.30. The van der Waals surface area contributed by atoms with E-state index in [1.54, 1.807) is 0 Å². The van der Waals surface area contributed by atoms with E-state index in [1.165, 1.54) is 77.0 Å². The lowest BCUT2D eigenvalue weighted by molar-refractivity contribution is -0.889. The van der Waals surface area contributed by atoms with Gasteiger partial charge < -0.3 is 4.48 Å². The average Bonchev–Trinajstić information content (AvgIpc) is 3.08. The van der Waals surface area contributed by atoms with E-state index in [4.69, 9.17) is 0 Å². The molecule has 2 fully saturated rings. The van der Waals surface area contributed by atoms with Crippen LogP contribution in [0.2, 0.25) is 0 Å². The minimum atomic E-state index is -3.46. The van der Waals surface area contributed by atoms with Gasteiger partial charge in [0.2, 0.25) is 10.0 Å². The second-order valence-electron chi connectivity index (χ2n) is 12.6. The first-order chi connectivity index (χ1) is 16.0. The third-order valence-corrected chi connectivity index (χ3v) is 10.7. The van der Waals surface area contributed by atoms with Crippen molar-refractivity contribution in [3.05, 3.63) is 0 Å². The van der Waals surface area contributed by atoms with Gasteiger partial charge in [0.15, 0.2) is 0 Å². The zero-order valence-electron chi connectivity index (χ0n) is 23.1. The third-order valence-electron chi connectivity index (χ3n) is 9.23. The second-order valence-corrected chi connectivity index (χ2v) is 14.4. The summed E-state index contributed by atoms with van der Waals surface area (Å²) in [5, 5.41) is 0. The van der Waals surface area contributed by atoms with Gasteiger partial charge >= 0.3 is 0 Å². The van der Waals surface area contributed by atoms with Crippen molar-refractivity contribution in [2.45, 2.75) is 117 Å². The Kier molecular flexibility index (Phi) is 11.5. The van der Waals surface area contributed by atoms with E-state index >= 15 is 0 Å². The van der Waals surface area contributed by atoms with E-state index in [0.29, 0.717) is 18.9 Å². The van der Waals surface area contributed by atoms with Gasteiger partial charge in [-0.2, -0.15) is 0 Å². The van der Waals surface area contributed by atoms with E-state index in [-0.39, 0.29) is 17.0 Å². The lowest BCUT2D eigenvalue weighted by atomic mass is 9.70. The van der Waals surface area contributed by atoms with E-state index in [1.807, 2.05) is 0 Å². The molecule has 200 valence electrons. The van der Waals surface area contributed by atoms with Crippen LogP contribution in [0.1, 0.15) is 117 Å². The van der Waals surface area contributed by atoms with Crippen molar-refractivity contribution in [2.75, 3.05) is 39.5 Å². The van der Waals surface area contributed by atoms with E-state index < -0.39 is 15.4 Å². The van der Waals surface area contributed by atoms with Crippen LogP contribution in [0.3, 0.4) is 0 Å². The van der Waals surface area contributed by atoms with Gasteiger partial charge in [0.25, 0.3) is 0 Å². The molecule has 2 bridgehead atoms. The first-order valence-corrected chi connectivity index (χ1v) is 15.9. The molecule has 0 unspecified atom stereocenters. The maximum atomic E-state index is 12.9. The number of carbonyl (C=O) groups excluding carboxylic acids is 1. The van der Waals surface area contributed by atoms with Crippen LogP contribution in [0, 0.1) is 16.7 Å². The van der Waals surface area contributed by atoms with Gasteiger partial charge in [0, 0.05) is 11.8 Å². The van der Waals surface area contributed by atoms with Crippen molar-refractivity contribution >= 4 is 15.8 Å². The molecule has 6 heteroatoms. The molecule has 0 aromatic carbocycles. The van der Waals surface area contributed by atoms with Crippen LogP contribution in [-0.2, 0) is 14.8 Å². The van der Waals surface area contributed by atoms with Crippen LogP contribution in [0.4, 0.5) is 0 Å². The molecule has 0 saturated heterocycles. The zero-order chi connectivity index (χ0) is 25.3. The van der Waals surface area contributed by atoms with Gasteiger partial charge in [-0.05, 0) is 37.0 Å². The molecule has 2 aliphatic rings. The number of quaternary nitrogens is 1.